The van der Waals surface area contributed by atoms with Crippen LogP contribution in [0.15, 0.2) is 84.9 Å². The zero-order valence-corrected chi connectivity index (χ0v) is 15.4. The Kier molecular flexibility index (Phi) is 4.03. The number of nitrogens with zero attached hydrogens (tertiary/aromatic N) is 2. The molecule has 1 heterocycles. The quantitative estimate of drug-likeness (QED) is 0.154. The lowest BCUT2D eigenvalue weighted by Crippen LogP contribution is -1.91. The molecule has 0 saturated heterocycles. The molecule has 0 unspecified atom stereocenters. The molecule has 0 amide bonds. The lowest BCUT2D eigenvalue weighted by Gasteiger charge is -2.10. The van der Waals surface area contributed by atoms with Gasteiger partial charge >= 0.3 is 0 Å². The van der Waals surface area contributed by atoms with Crippen LogP contribution in [0.2, 0.25) is 0 Å². The first-order valence-electron chi connectivity index (χ1n) is 9.34. The van der Waals surface area contributed by atoms with Crippen LogP contribution in [0.25, 0.3) is 44.7 Å². The summed E-state index contributed by atoms with van der Waals surface area (Å²) in [6, 6.07) is 27.1. The van der Waals surface area contributed by atoms with Gasteiger partial charge in [-0.3, -0.25) is 10.1 Å². The van der Waals surface area contributed by atoms with Gasteiger partial charge in [-0.2, -0.15) is 0 Å². The molecule has 4 aromatic carbocycles. The summed E-state index contributed by atoms with van der Waals surface area (Å²) in [5, 5.41) is 15.6. The monoisotopic (exact) mass is 376 g/mol. The van der Waals surface area contributed by atoms with Crippen molar-refractivity contribution >= 4 is 50.4 Å². The molecule has 0 bridgehead atoms. The highest BCUT2D eigenvalue weighted by molar-refractivity contribution is 6.13. The van der Waals surface area contributed by atoms with Gasteiger partial charge in [0.2, 0.25) is 0 Å². The number of nitro groups is 1. The second-order valence-corrected chi connectivity index (χ2v) is 6.87. The van der Waals surface area contributed by atoms with Gasteiger partial charge in [-0.15, -0.1) is 0 Å². The molecule has 1 aromatic heterocycles. The van der Waals surface area contributed by atoms with E-state index >= 15 is 0 Å². The Labute approximate surface area is 166 Å². The third kappa shape index (κ3) is 2.91. The van der Waals surface area contributed by atoms with Crippen molar-refractivity contribution in [2.24, 2.45) is 0 Å². The third-order valence-corrected chi connectivity index (χ3v) is 5.18. The van der Waals surface area contributed by atoms with E-state index in [1.165, 1.54) is 6.07 Å². The number of hydrogen-bond acceptors (Lipinski definition) is 3. The minimum absolute atomic E-state index is 0.0943. The van der Waals surface area contributed by atoms with Crippen molar-refractivity contribution in [2.45, 2.75) is 0 Å². The number of rotatable bonds is 3. The van der Waals surface area contributed by atoms with Crippen LogP contribution in [0.3, 0.4) is 0 Å². The molecular weight excluding hydrogens is 360 g/mol. The van der Waals surface area contributed by atoms with Gasteiger partial charge in [0.15, 0.2) is 0 Å². The van der Waals surface area contributed by atoms with E-state index < -0.39 is 0 Å². The van der Waals surface area contributed by atoms with Crippen LogP contribution in [0.4, 0.5) is 5.69 Å². The van der Waals surface area contributed by atoms with Gasteiger partial charge < -0.3 is 0 Å². The summed E-state index contributed by atoms with van der Waals surface area (Å²) in [7, 11) is 0. The number of fused-ring (bicyclic) bond motifs is 4. The Morgan fingerprint density at radius 3 is 2.31 bits per heavy atom. The van der Waals surface area contributed by atoms with Crippen LogP contribution < -0.4 is 0 Å². The summed E-state index contributed by atoms with van der Waals surface area (Å²) in [5.74, 6) is 0. The van der Waals surface area contributed by atoms with Gasteiger partial charge in [0.25, 0.3) is 5.69 Å². The molecule has 0 aliphatic rings. The molecule has 0 aliphatic carbocycles. The molecule has 5 rings (SSSR count). The average Bonchev–Trinajstić information content (AvgIpc) is 2.76. The molecule has 0 fully saturated rings. The summed E-state index contributed by atoms with van der Waals surface area (Å²) in [4.78, 5) is 15.9. The van der Waals surface area contributed by atoms with E-state index in [1.807, 2.05) is 54.6 Å². The molecule has 0 atom stereocenters. The van der Waals surface area contributed by atoms with Crippen LogP contribution in [0, 0.1) is 10.1 Å². The van der Waals surface area contributed by atoms with Crippen molar-refractivity contribution in [1.82, 2.24) is 4.98 Å². The van der Waals surface area contributed by atoms with Crippen LogP contribution in [0.5, 0.6) is 0 Å². The molecule has 138 valence electrons. The zero-order valence-electron chi connectivity index (χ0n) is 15.4. The van der Waals surface area contributed by atoms with E-state index in [0.29, 0.717) is 5.56 Å². The SMILES string of the molecule is O=[N+]([O-])c1ccccc1/C=C/c1c2ccccc2nc2c1ccc1ccccc12. The van der Waals surface area contributed by atoms with Gasteiger partial charge in [-0.25, -0.2) is 4.98 Å². The first-order valence-corrected chi connectivity index (χ1v) is 9.34. The maximum absolute atomic E-state index is 11.4. The Balaban J connectivity index is 1.82. The van der Waals surface area contributed by atoms with Crippen LogP contribution in [0.1, 0.15) is 11.1 Å². The first kappa shape index (κ1) is 17.1. The van der Waals surface area contributed by atoms with Gasteiger partial charge in [0, 0.05) is 22.2 Å². The average molecular weight is 376 g/mol. The molecule has 0 N–H and O–H groups in total. The van der Waals surface area contributed by atoms with Crippen LogP contribution in [-0.4, -0.2) is 9.91 Å². The fraction of sp³-hybridized carbons (Fsp3) is 0. The van der Waals surface area contributed by atoms with E-state index in [-0.39, 0.29) is 10.6 Å². The summed E-state index contributed by atoms with van der Waals surface area (Å²) in [6.07, 6.45) is 3.78. The smallest absolute Gasteiger partial charge is 0.258 e. The standard InChI is InChI=1S/C25H16N2O2/c28-27(29)24-12-6-2-8-18(24)14-15-20-21-10-4-5-11-23(21)26-25-19-9-3-1-7-17(19)13-16-22(20)25/h1-16H/b15-14+. The lowest BCUT2D eigenvalue weighted by molar-refractivity contribution is -0.385. The number of aromatic nitrogens is 1. The predicted octanol–water partition coefficient (Wildman–Crippen LogP) is 6.62. The minimum atomic E-state index is -0.351. The highest BCUT2D eigenvalue weighted by Gasteiger charge is 2.12. The Morgan fingerprint density at radius 2 is 1.45 bits per heavy atom. The summed E-state index contributed by atoms with van der Waals surface area (Å²) >= 11 is 0. The topological polar surface area (TPSA) is 56.0 Å². The Morgan fingerprint density at radius 1 is 0.724 bits per heavy atom. The number of benzene rings is 4. The normalized spacial score (nSPS) is 11.6. The maximum atomic E-state index is 11.4. The fourth-order valence-electron chi connectivity index (χ4n) is 3.80. The largest absolute Gasteiger partial charge is 0.276 e. The van der Waals surface area contributed by atoms with E-state index in [1.54, 1.807) is 12.1 Å². The van der Waals surface area contributed by atoms with Gasteiger partial charge in [-0.05, 0) is 29.2 Å². The zero-order chi connectivity index (χ0) is 19.8. The van der Waals surface area contributed by atoms with Crippen LogP contribution >= 0.6 is 0 Å². The van der Waals surface area contributed by atoms with Gasteiger partial charge in [0.1, 0.15) is 0 Å². The fourth-order valence-corrected chi connectivity index (χ4v) is 3.80. The van der Waals surface area contributed by atoms with E-state index in [9.17, 15) is 10.1 Å². The number of nitro benzene ring substituents is 1. The van der Waals surface area contributed by atoms with Gasteiger partial charge in [-0.1, -0.05) is 72.8 Å². The molecule has 0 radical (unpaired) electrons. The Bertz CT molecular complexity index is 1440. The minimum Gasteiger partial charge on any atom is -0.258 e. The van der Waals surface area contributed by atoms with Crippen molar-refractivity contribution in [2.75, 3.05) is 0 Å². The summed E-state index contributed by atoms with van der Waals surface area (Å²) < 4.78 is 0. The Hall–Kier alpha value is -4.05. The summed E-state index contributed by atoms with van der Waals surface area (Å²) in [6.45, 7) is 0. The van der Waals surface area contributed by atoms with Crippen molar-refractivity contribution in [1.29, 1.82) is 0 Å². The highest BCUT2D eigenvalue weighted by atomic mass is 16.6. The van der Waals surface area contributed by atoms with Crippen molar-refractivity contribution in [3.8, 4) is 0 Å². The molecule has 29 heavy (non-hydrogen) atoms. The van der Waals surface area contributed by atoms with Crippen molar-refractivity contribution < 1.29 is 4.92 Å². The summed E-state index contributed by atoms with van der Waals surface area (Å²) in [5.41, 5.74) is 3.52. The molecule has 0 saturated carbocycles. The highest BCUT2D eigenvalue weighted by Crippen LogP contribution is 2.32. The van der Waals surface area contributed by atoms with Crippen molar-refractivity contribution in [3.63, 3.8) is 0 Å². The van der Waals surface area contributed by atoms with E-state index in [0.717, 1.165) is 38.1 Å². The maximum Gasteiger partial charge on any atom is 0.276 e. The molecular formula is C25H16N2O2. The molecule has 5 aromatic rings. The molecule has 0 aliphatic heterocycles. The number of para-hydroxylation sites is 2. The second kappa shape index (κ2) is 6.84. The van der Waals surface area contributed by atoms with Crippen LogP contribution in [-0.2, 0) is 0 Å². The molecule has 4 nitrogen and oxygen atoms in total. The van der Waals surface area contributed by atoms with Crippen molar-refractivity contribution in [3.05, 3.63) is 106 Å². The van der Waals surface area contributed by atoms with E-state index in [4.69, 9.17) is 4.98 Å². The number of hydrogen-bond donors (Lipinski definition) is 0. The van der Waals surface area contributed by atoms with E-state index in [2.05, 4.69) is 24.3 Å². The molecule has 4 heteroatoms. The predicted molar refractivity (Wildman–Crippen MR) is 119 cm³/mol. The first-order chi connectivity index (χ1) is 14.2. The lowest BCUT2D eigenvalue weighted by atomic mass is 9.98. The number of pyridine rings is 1. The molecule has 0 spiro atoms. The third-order valence-electron chi connectivity index (χ3n) is 5.18. The van der Waals surface area contributed by atoms with Gasteiger partial charge in [0.05, 0.1) is 21.5 Å². The second-order valence-electron chi connectivity index (χ2n) is 6.87.